The van der Waals surface area contributed by atoms with Crippen molar-refractivity contribution >= 4 is 0 Å². The van der Waals surface area contributed by atoms with E-state index in [-0.39, 0.29) is 5.41 Å². The molecule has 3 rings (SSSR count). The molecule has 0 aliphatic heterocycles. The molecule has 2 heteroatoms. The lowest BCUT2D eigenvalue weighted by Crippen LogP contribution is -2.29. The molecule has 0 spiro atoms. The summed E-state index contributed by atoms with van der Waals surface area (Å²) in [7, 11) is 0. The molecule has 0 heterocycles. The smallest absolute Gasteiger partial charge is 0.115 e. The van der Waals surface area contributed by atoms with Gasteiger partial charge in [-0.1, -0.05) is 26.0 Å². The summed E-state index contributed by atoms with van der Waals surface area (Å²) in [4.78, 5) is 0. The molecule has 1 aliphatic carbocycles. The van der Waals surface area contributed by atoms with Crippen LogP contribution in [-0.4, -0.2) is 10.2 Å². The molecule has 1 atom stereocenters. The minimum absolute atomic E-state index is 0.126. The van der Waals surface area contributed by atoms with E-state index in [0.29, 0.717) is 11.5 Å². The highest BCUT2D eigenvalue weighted by molar-refractivity contribution is 5.44. The Morgan fingerprint density at radius 1 is 0.957 bits per heavy atom. The lowest BCUT2D eigenvalue weighted by atomic mass is 9.69. The fourth-order valence-corrected chi connectivity index (χ4v) is 4.20. The van der Waals surface area contributed by atoms with E-state index < -0.39 is 0 Å². The van der Waals surface area contributed by atoms with E-state index in [4.69, 9.17) is 0 Å². The highest BCUT2D eigenvalue weighted by Gasteiger charge is 2.34. The molecule has 2 aromatic rings. The molecule has 122 valence electrons. The average Bonchev–Trinajstić information content (AvgIpc) is 2.74. The maximum Gasteiger partial charge on any atom is 0.115 e. The van der Waals surface area contributed by atoms with E-state index in [0.717, 1.165) is 38.5 Å². The minimum atomic E-state index is 0.126. The second-order valence-corrected chi connectivity index (χ2v) is 6.81. The number of aryl methyl sites for hydroxylation is 2. The largest absolute Gasteiger partial charge is 0.508 e. The molecule has 2 N–H and O–H groups in total. The standard InChI is InChI=1S/C21H26O2/c1-3-15-12-19(23)9-10-20(15)21(4-2)11-5-6-16-13-18(22)8-7-17(16)14-21/h7-10,12-13,22-23H,3-6,11,14H2,1-2H3. The number of hydrogen-bond donors (Lipinski definition) is 2. The SMILES string of the molecule is CCc1cc(O)ccc1C1(CC)CCCc2cc(O)ccc2C1. The molecular formula is C21H26O2. The molecule has 0 aromatic heterocycles. The van der Waals surface area contributed by atoms with Crippen LogP contribution in [-0.2, 0) is 24.7 Å². The van der Waals surface area contributed by atoms with Crippen molar-refractivity contribution in [2.24, 2.45) is 0 Å². The zero-order valence-corrected chi connectivity index (χ0v) is 14.1. The Labute approximate surface area is 138 Å². The monoisotopic (exact) mass is 310 g/mol. The van der Waals surface area contributed by atoms with Crippen molar-refractivity contribution in [3.63, 3.8) is 0 Å². The quantitative estimate of drug-likeness (QED) is 0.793. The lowest BCUT2D eigenvalue weighted by Gasteiger charge is -2.35. The third-order valence-electron chi connectivity index (χ3n) is 5.54. The van der Waals surface area contributed by atoms with Gasteiger partial charge in [0.15, 0.2) is 0 Å². The van der Waals surface area contributed by atoms with E-state index >= 15 is 0 Å². The fourth-order valence-electron chi connectivity index (χ4n) is 4.20. The third-order valence-corrected chi connectivity index (χ3v) is 5.54. The van der Waals surface area contributed by atoms with Gasteiger partial charge >= 0.3 is 0 Å². The third kappa shape index (κ3) is 2.95. The van der Waals surface area contributed by atoms with Crippen LogP contribution in [0.4, 0.5) is 0 Å². The number of rotatable bonds is 3. The van der Waals surface area contributed by atoms with Crippen molar-refractivity contribution in [3.05, 3.63) is 58.7 Å². The lowest BCUT2D eigenvalue weighted by molar-refractivity contribution is 0.371. The van der Waals surface area contributed by atoms with Gasteiger partial charge in [-0.2, -0.15) is 0 Å². The van der Waals surface area contributed by atoms with Crippen molar-refractivity contribution < 1.29 is 10.2 Å². The maximum absolute atomic E-state index is 9.84. The molecule has 2 aromatic carbocycles. The molecule has 1 unspecified atom stereocenters. The van der Waals surface area contributed by atoms with Gasteiger partial charge in [-0.3, -0.25) is 0 Å². The first-order valence-electron chi connectivity index (χ1n) is 8.71. The first-order valence-corrected chi connectivity index (χ1v) is 8.71. The maximum atomic E-state index is 9.84. The van der Waals surface area contributed by atoms with Gasteiger partial charge in [0.1, 0.15) is 11.5 Å². The van der Waals surface area contributed by atoms with Crippen LogP contribution >= 0.6 is 0 Å². The summed E-state index contributed by atoms with van der Waals surface area (Å²) >= 11 is 0. The molecule has 0 amide bonds. The summed E-state index contributed by atoms with van der Waals surface area (Å²) in [6, 6.07) is 11.7. The zero-order valence-electron chi connectivity index (χ0n) is 14.1. The van der Waals surface area contributed by atoms with Gasteiger partial charge in [0.25, 0.3) is 0 Å². The van der Waals surface area contributed by atoms with Crippen LogP contribution in [0.15, 0.2) is 36.4 Å². The molecule has 0 bridgehead atoms. The van der Waals surface area contributed by atoms with Gasteiger partial charge in [0.2, 0.25) is 0 Å². The Morgan fingerprint density at radius 3 is 2.43 bits per heavy atom. The van der Waals surface area contributed by atoms with E-state index in [1.165, 1.54) is 22.3 Å². The van der Waals surface area contributed by atoms with Crippen LogP contribution in [0.3, 0.4) is 0 Å². The van der Waals surface area contributed by atoms with Crippen LogP contribution < -0.4 is 0 Å². The molecule has 0 radical (unpaired) electrons. The second kappa shape index (κ2) is 6.27. The van der Waals surface area contributed by atoms with Crippen LogP contribution in [0.2, 0.25) is 0 Å². The zero-order chi connectivity index (χ0) is 16.4. The molecule has 0 fully saturated rings. The first-order chi connectivity index (χ1) is 11.1. The topological polar surface area (TPSA) is 40.5 Å². The molecular weight excluding hydrogens is 284 g/mol. The Kier molecular flexibility index (Phi) is 4.34. The molecule has 23 heavy (non-hydrogen) atoms. The van der Waals surface area contributed by atoms with E-state index in [1.807, 2.05) is 24.3 Å². The predicted octanol–water partition coefficient (Wildman–Crippen LogP) is 4.89. The Balaban J connectivity index is 2.09. The van der Waals surface area contributed by atoms with Gasteiger partial charge in [-0.25, -0.2) is 0 Å². The predicted molar refractivity (Wildman–Crippen MR) is 94.2 cm³/mol. The van der Waals surface area contributed by atoms with E-state index in [9.17, 15) is 10.2 Å². The van der Waals surface area contributed by atoms with Crippen molar-refractivity contribution in [1.82, 2.24) is 0 Å². The highest BCUT2D eigenvalue weighted by Crippen LogP contribution is 2.43. The number of phenolic OH excluding ortho intramolecular Hbond substituents is 2. The van der Waals surface area contributed by atoms with Crippen LogP contribution in [0.1, 0.15) is 55.4 Å². The number of hydrogen-bond acceptors (Lipinski definition) is 2. The summed E-state index contributed by atoms with van der Waals surface area (Å²) < 4.78 is 0. The number of phenols is 2. The van der Waals surface area contributed by atoms with Crippen LogP contribution in [0.25, 0.3) is 0 Å². The van der Waals surface area contributed by atoms with E-state index in [1.54, 1.807) is 0 Å². The van der Waals surface area contributed by atoms with Gasteiger partial charge < -0.3 is 10.2 Å². The normalized spacial score (nSPS) is 20.8. The summed E-state index contributed by atoms with van der Waals surface area (Å²) in [6.07, 6.45) is 6.35. The summed E-state index contributed by atoms with van der Waals surface area (Å²) in [5, 5.41) is 19.6. The average molecular weight is 310 g/mol. The highest BCUT2D eigenvalue weighted by atomic mass is 16.3. The van der Waals surface area contributed by atoms with Crippen molar-refractivity contribution in [2.75, 3.05) is 0 Å². The number of aromatic hydroxyl groups is 2. The van der Waals surface area contributed by atoms with Crippen LogP contribution in [0.5, 0.6) is 11.5 Å². The number of fused-ring (bicyclic) bond motifs is 1. The van der Waals surface area contributed by atoms with Gasteiger partial charge in [0, 0.05) is 0 Å². The fraction of sp³-hybridized carbons (Fsp3) is 0.429. The second-order valence-electron chi connectivity index (χ2n) is 6.81. The van der Waals surface area contributed by atoms with Crippen molar-refractivity contribution in [1.29, 1.82) is 0 Å². The molecule has 0 saturated carbocycles. The Morgan fingerprint density at radius 2 is 1.70 bits per heavy atom. The molecule has 1 aliphatic rings. The summed E-state index contributed by atoms with van der Waals surface area (Å²) in [5.74, 6) is 0.724. The minimum Gasteiger partial charge on any atom is -0.508 e. The first kappa shape index (κ1) is 15.9. The van der Waals surface area contributed by atoms with Crippen LogP contribution in [0, 0.1) is 0 Å². The molecule has 2 nitrogen and oxygen atoms in total. The Hall–Kier alpha value is -1.96. The van der Waals surface area contributed by atoms with Crippen molar-refractivity contribution in [2.45, 2.75) is 57.8 Å². The summed E-state index contributed by atoms with van der Waals surface area (Å²) in [5.41, 5.74) is 5.42. The van der Waals surface area contributed by atoms with Gasteiger partial charge in [-0.05, 0) is 90.5 Å². The van der Waals surface area contributed by atoms with E-state index in [2.05, 4.69) is 26.0 Å². The summed E-state index contributed by atoms with van der Waals surface area (Å²) in [6.45, 7) is 4.43. The van der Waals surface area contributed by atoms with Gasteiger partial charge in [0.05, 0.1) is 0 Å². The molecule has 0 saturated heterocycles. The Bertz CT molecular complexity index is 705. The number of benzene rings is 2. The van der Waals surface area contributed by atoms with Gasteiger partial charge in [-0.15, -0.1) is 0 Å². The van der Waals surface area contributed by atoms with Crippen molar-refractivity contribution in [3.8, 4) is 11.5 Å².